The van der Waals surface area contributed by atoms with Crippen molar-refractivity contribution in [3.8, 4) is 0 Å². The molecule has 0 fully saturated rings. The number of carbonyl (C=O) groups is 3. The molecule has 0 saturated heterocycles. The van der Waals surface area contributed by atoms with Gasteiger partial charge in [0, 0.05) is 12.8 Å². The molecule has 0 rings (SSSR count). The number of hydrogen-bond acceptors (Lipinski definition) is 8. The zero-order valence-corrected chi connectivity index (χ0v) is 44.6. The first-order valence-electron chi connectivity index (χ1n) is 27.4. The minimum absolute atomic E-state index is 0.142. The fourth-order valence-electron chi connectivity index (χ4n) is 7.14. The van der Waals surface area contributed by atoms with Gasteiger partial charge in [0.15, 0.2) is 12.4 Å². The van der Waals surface area contributed by atoms with Crippen LogP contribution in [0.4, 0.5) is 0 Å². The number of nitrogens with zero attached hydrogens (tertiary/aromatic N) is 1. The number of unbranched alkanes of at least 4 members (excludes halogenated alkanes) is 18. The van der Waals surface area contributed by atoms with Gasteiger partial charge >= 0.3 is 11.9 Å². The summed E-state index contributed by atoms with van der Waals surface area (Å²) in [5.41, 5.74) is 0. The molecule has 0 radical (unpaired) electrons. The Bertz CT molecular complexity index is 1450. The highest BCUT2D eigenvalue weighted by Gasteiger charge is 2.22. The lowest BCUT2D eigenvalue weighted by Gasteiger charge is -2.26. The first kappa shape index (κ1) is 65.2. The van der Waals surface area contributed by atoms with E-state index in [4.69, 9.17) is 18.9 Å². The summed E-state index contributed by atoms with van der Waals surface area (Å²) in [5, 5.41) is 11.7. The van der Waals surface area contributed by atoms with Crippen LogP contribution >= 0.6 is 0 Å². The van der Waals surface area contributed by atoms with Gasteiger partial charge in [-0.3, -0.25) is 9.59 Å². The van der Waals surface area contributed by atoms with Crippen molar-refractivity contribution in [3.63, 3.8) is 0 Å². The Labute approximate surface area is 422 Å². The van der Waals surface area contributed by atoms with Gasteiger partial charge in [-0.25, -0.2) is 0 Å². The van der Waals surface area contributed by atoms with E-state index >= 15 is 0 Å². The van der Waals surface area contributed by atoms with Crippen molar-refractivity contribution < 1.29 is 42.9 Å². The SMILES string of the molecule is CC/C=C\C/C=C\C/C=C\C/C=C\C/C=C\C/C=C\C/C=C\C/C=C\CCCCCCCCCCC(=O)OC(COC(=O)CCCCCCCCCCCCC)COC(OCC[N+](C)(C)C)C(=O)[O-]. The first-order valence-corrected chi connectivity index (χ1v) is 27.4. The van der Waals surface area contributed by atoms with Gasteiger partial charge in [-0.15, -0.1) is 0 Å². The third-order valence-corrected chi connectivity index (χ3v) is 11.3. The molecule has 394 valence electrons. The van der Waals surface area contributed by atoms with E-state index in [1.165, 1.54) is 77.0 Å². The second-order valence-electron chi connectivity index (χ2n) is 19.1. The summed E-state index contributed by atoms with van der Waals surface area (Å²) in [4.78, 5) is 37.1. The summed E-state index contributed by atoms with van der Waals surface area (Å²) >= 11 is 0. The molecule has 0 bridgehead atoms. The van der Waals surface area contributed by atoms with Crippen LogP contribution in [0.25, 0.3) is 0 Å². The molecule has 9 heteroatoms. The molecule has 0 N–H and O–H groups in total. The van der Waals surface area contributed by atoms with E-state index in [2.05, 4.69) is 111 Å². The maximum atomic E-state index is 12.8. The number of quaternary nitrogens is 1. The van der Waals surface area contributed by atoms with Gasteiger partial charge < -0.3 is 33.3 Å². The van der Waals surface area contributed by atoms with E-state index in [1.54, 1.807) is 0 Å². The average molecular weight is 964 g/mol. The summed E-state index contributed by atoms with van der Waals surface area (Å²) in [7, 11) is 5.90. The number of ether oxygens (including phenoxy) is 4. The van der Waals surface area contributed by atoms with Crippen molar-refractivity contribution in [3.05, 3.63) is 97.2 Å². The van der Waals surface area contributed by atoms with Crippen molar-refractivity contribution in [1.82, 2.24) is 0 Å². The Kier molecular flexibility index (Phi) is 47.8. The molecule has 0 aliphatic rings. The lowest BCUT2D eigenvalue weighted by molar-refractivity contribution is -0.870. The van der Waals surface area contributed by atoms with Gasteiger partial charge in [-0.1, -0.05) is 214 Å². The number of rotatable bonds is 49. The van der Waals surface area contributed by atoms with Gasteiger partial charge in [0.1, 0.15) is 13.2 Å². The van der Waals surface area contributed by atoms with Crippen molar-refractivity contribution in [2.24, 2.45) is 0 Å². The van der Waals surface area contributed by atoms with Crippen LogP contribution in [0.3, 0.4) is 0 Å². The summed E-state index contributed by atoms with van der Waals surface area (Å²) < 4.78 is 22.6. The highest BCUT2D eigenvalue weighted by Crippen LogP contribution is 2.14. The van der Waals surface area contributed by atoms with E-state index in [0.29, 0.717) is 17.4 Å². The number of carboxylic acids is 1. The number of allylic oxidation sites excluding steroid dienone is 16. The van der Waals surface area contributed by atoms with E-state index in [-0.39, 0.29) is 38.6 Å². The van der Waals surface area contributed by atoms with Crippen LogP contribution in [0.2, 0.25) is 0 Å². The monoisotopic (exact) mass is 964 g/mol. The molecule has 0 aromatic carbocycles. The van der Waals surface area contributed by atoms with Crippen LogP contribution in [0, 0.1) is 0 Å². The van der Waals surface area contributed by atoms with Crippen molar-refractivity contribution in [2.45, 2.75) is 219 Å². The van der Waals surface area contributed by atoms with Crippen LogP contribution in [-0.2, 0) is 33.3 Å². The van der Waals surface area contributed by atoms with E-state index in [0.717, 1.165) is 96.3 Å². The van der Waals surface area contributed by atoms with Crippen LogP contribution in [0.15, 0.2) is 97.2 Å². The first-order chi connectivity index (χ1) is 33.6. The summed E-state index contributed by atoms with van der Waals surface area (Å²) in [6.45, 7) is 4.60. The Balaban J connectivity index is 4.22. The maximum absolute atomic E-state index is 12.8. The van der Waals surface area contributed by atoms with Crippen molar-refractivity contribution in [1.29, 1.82) is 0 Å². The molecular weight excluding hydrogens is 863 g/mol. The Morgan fingerprint density at radius 1 is 0.449 bits per heavy atom. The van der Waals surface area contributed by atoms with Crippen LogP contribution in [-0.4, -0.2) is 82.3 Å². The van der Waals surface area contributed by atoms with E-state index < -0.39 is 24.3 Å². The lowest BCUT2D eigenvalue weighted by Crippen LogP contribution is -2.44. The Hall–Kier alpha value is -3.79. The molecule has 0 aliphatic heterocycles. The highest BCUT2D eigenvalue weighted by molar-refractivity contribution is 5.70. The molecule has 0 saturated carbocycles. The smallest absolute Gasteiger partial charge is 0.306 e. The number of carbonyl (C=O) groups excluding carboxylic acids is 3. The third kappa shape index (κ3) is 51.9. The summed E-state index contributed by atoms with van der Waals surface area (Å²) in [6.07, 6.45) is 64.5. The second kappa shape index (κ2) is 50.6. The van der Waals surface area contributed by atoms with Gasteiger partial charge in [-0.05, 0) is 77.0 Å². The van der Waals surface area contributed by atoms with E-state index in [1.807, 2.05) is 21.1 Å². The molecule has 0 amide bonds. The molecule has 0 aliphatic carbocycles. The standard InChI is InChI=1S/C60H101NO8/c1-6-8-10-12-14-16-18-19-20-21-22-23-24-25-26-27-28-29-30-31-32-33-34-35-36-37-38-39-41-43-45-47-49-51-58(63)69-56(55-68-60(59(64)65)66-53-52-61(3,4)5)54-67-57(62)50-48-46-44-42-40-17-15-13-11-9-7-2/h8,10,14,16,19-20,22-23,25-26,28-29,31-32,34-35,56,60H,6-7,9,11-13,15,17-18,21,24,27,30,33,36-55H2,1-5H3/b10-8-,16-14-,20-19-,23-22-,26-25-,29-28-,32-31-,35-34-. The predicted octanol–water partition coefficient (Wildman–Crippen LogP) is 14.4. The van der Waals surface area contributed by atoms with Gasteiger partial charge in [0.05, 0.1) is 40.3 Å². The van der Waals surface area contributed by atoms with Crippen LogP contribution < -0.4 is 5.11 Å². The molecule has 69 heavy (non-hydrogen) atoms. The number of carboxylic acid groups (broad SMARTS) is 1. The largest absolute Gasteiger partial charge is 0.545 e. The highest BCUT2D eigenvalue weighted by atomic mass is 16.7. The second-order valence-corrected chi connectivity index (χ2v) is 19.1. The molecule has 0 spiro atoms. The van der Waals surface area contributed by atoms with Crippen LogP contribution in [0.1, 0.15) is 206 Å². The molecule has 0 aromatic heterocycles. The number of esters is 2. The Morgan fingerprint density at radius 3 is 1.23 bits per heavy atom. The summed E-state index contributed by atoms with van der Waals surface area (Å²) in [5.74, 6) is -2.30. The number of aliphatic carboxylic acids is 1. The maximum Gasteiger partial charge on any atom is 0.306 e. The Morgan fingerprint density at radius 2 is 0.826 bits per heavy atom. The topological polar surface area (TPSA) is 111 Å². The molecule has 9 nitrogen and oxygen atoms in total. The fraction of sp³-hybridized carbons (Fsp3) is 0.683. The molecule has 0 aromatic rings. The predicted molar refractivity (Wildman–Crippen MR) is 287 cm³/mol. The third-order valence-electron chi connectivity index (χ3n) is 11.3. The zero-order chi connectivity index (χ0) is 50.6. The van der Waals surface area contributed by atoms with E-state index in [9.17, 15) is 19.5 Å². The van der Waals surface area contributed by atoms with Crippen molar-refractivity contribution >= 4 is 17.9 Å². The molecular formula is C60H101NO8. The van der Waals surface area contributed by atoms with Gasteiger partial charge in [0.25, 0.3) is 0 Å². The lowest BCUT2D eigenvalue weighted by atomic mass is 10.1. The van der Waals surface area contributed by atoms with Crippen LogP contribution in [0.5, 0.6) is 0 Å². The number of hydrogen-bond donors (Lipinski definition) is 0. The average Bonchev–Trinajstić information content (AvgIpc) is 3.31. The summed E-state index contributed by atoms with van der Waals surface area (Å²) in [6, 6.07) is 0. The fourth-order valence-corrected chi connectivity index (χ4v) is 7.14. The number of likely N-dealkylation sites (N-methyl/N-ethyl adjacent to an activating group) is 1. The van der Waals surface area contributed by atoms with Gasteiger partial charge in [0.2, 0.25) is 0 Å². The minimum Gasteiger partial charge on any atom is -0.545 e. The van der Waals surface area contributed by atoms with Gasteiger partial charge in [-0.2, -0.15) is 0 Å². The molecule has 2 unspecified atom stereocenters. The molecule has 0 heterocycles. The zero-order valence-electron chi connectivity index (χ0n) is 44.6. The minimum atomic E-state index is -1.63. The quantitative estimate of drug-likeness (QED) is 0.0195. The van der Waals surface area contributed by atoms with Crippen molar-refractivity contribution in [2.75, 3.05) is 47.5 Å². The normalized spacial score (nSPS) is 13.6. The molecule has 2 atom stereocenters.